The van der Waals surface area contributed by atoms with Crippen LogP contribution in [0.1, 0.15) is 23.7 Å². The SMILES string of the molecule is CCN(c1ccccc1)S(=O)(=O)c1ccc(-n2[nH]c(C)c(Cc3cccc(O)c3)c2=O)nc1. The van der Waals surface area contributed by atoms with Gasteiger partial charge in [-0.05, 0) is 55.8 Å². The fourth-order valence-electron chi connectivity index (χ4n) is 3.69. The molecule has 0 atom stereocenters. The van der Waals surface area contributed by atoms with E-state index in [2.05, 4.69) is 10.1 Å². The van der Waals surface area contributed by atoms with Gasteiger partial charge in [0, 0.05) is 30.4 Å². The number of aromatic hydroxyl groups is 1. The van der Waals surface area contributed by atoms with Crippen molar-refractivity contribution in [2.45, 2.75) is 25.2 Å². The maximum atomic E-state index is 13.2. The van der Waals surface area contributed by atoms with Crippen molar-refractivity contribution in [1.82, 2.24) is 14.8 Å². The van der Waals surface area contributed by atoms with Gasteiger partial charge in [0.1, 0.15) is 10.6 Å². The van der Waals surface area contributed by atoms with E-state index in [9.17, 15) is 18.3 Å². The van der Waals surface area contributed by atoms with Crippen LogP contribution in [0.5, 0.6) is 5.75 Å². The molecule has 0 aliphatic heterocycles. The van der Waals surface area contributed by atoms with Crippen LogP contribution in [0.4, 0.5) is 5.69 Å². The molecule has 4 rings (SSSR count). The normalized spacial score (nSPS) is 11.5. The summed E-state index contributed by atoms with van der Waals surface area (Å²) >= 11 is 0. The maximum absolute atomic E-state index is 13.2. The highest BCUT2D eigenvalue weighted by Crippen LogP contribution is 2.23. The Bertz CT molecular complexity index is 1430. The molecule has 0 bridgehead atoms. The number of aryl methyl sites for hydroxylation is 1. The topological polar surface area (TPSA) is 108 Å². The molecule has 2 aromatic carbocycles. The lowest BCUT2D eigenvalue weighted by Crippen LogP contribution is -2.30. The molecular formula is C24H24N4O4S. The minimum atomic E-state index is -3.81. The van der Waals surface area contributed by atoms with E-state index in [1.165, 1.54) is 27.3 Å². The average molecular weight is 465 g/mol. The molecular weight excluding hydrogens is 440 g/mol. The number of para-hydroxylation sites is 1. The standard InChI is InChI=1S/C24H24N4O4S/c1-3-27(19-9-5-4-6-10-19)33(31,32)21-12-13-23(25-16-21)28-24(30)22(17(2)26-28)15-18-8-7-11-20(29)14-18/h4-14,16,26,29H,3,15H2,1-2H3. The van der Waals surface area contributed by atoms with Crippen molar-refractivity contribution in [1.29, 1.82) is 0 Å². The Kier molecular flexibility index (Phi) is 6.06. The number of benzene rings is 2. The second kappa shape index (κ2) is 8.95. The van der Waals surface area contributed by atoms with Gasteiger partial charge in [0.2, 0.25) is 0 Å². The van der Waals surface area contributed by atoms with Crippen molar-refractivity contribution in [3.63, 3.8) is 0 Å². The van der Waals surface area contributed by atoms with Gasteiger partial charge in [0.25, 0.3) is 15.6 Å². The van der Waals surface area contributed by atoms with E-state index in [-0.39, 0.29) is 28.6 Å². The molecule has 2 heterocycles. The Morgan fingerprint density at radius 2 is 1.82 bits per heavy atom. The van der Waals surface area contributed by atoms with E-state index in [1.807, 2.05) is 12.1 Å². The number of hydrogen-bond acceptors (Lipinski definition) is 5. The third-order valence-corrected chi connectivity index (χ3v) is 7.24. The second-order valence-electron chi connectivity index (χ2n) is 7.56. The minimum absolute atomic E-state index is 0.0354. The second-order valence-corrected chi connectivity index (χ2v) is 9.42. The highest BCUT2D eigenvalue weighted by molar-refractivity contribution is 7.92. The van der Waals surface area contributed by atoms with Crippen molar-refractivity contribution in [3.8, 4) is 11.6 Å². The highest BCUT2D eigenvalue weighted by Gasteiger charge is 2.24. The Morgan fingerprint density at radius 3 is 2.45 bits per heavy atom. The van der Waals surface area contributed by atoms with Gasteiger partial charge in [-0.25, -0.2) is 18.1 Å². The molecule has 0 saturated heterocycles. The molecule has 8 nitrogen and oxygen atoms in total. The molecule has 0 fully saturated rings. The summed E-state index contributed by atoms with van der Waals surface area (Å²) in [6, 6.07) is 18.5. The summed E-state index contributed by atoms with van der Waals surface area (Å²) in [7, 11) is -3.81. The van der Waals surface area contributed by atoms with Gasteiger partial charge in [-0.2, -0.15) is 0 Å². The number of rotatable bonds is 7. The summed E-state index contributed by atoms with van der Waals surface area (Å²) in [5.74, 6) is 0.420. The Hall–Kier alpha value is -3.85. The van der Waals surface area contributed by atoms with Gasteiger partial charge in [0.05, 0.1) is 5.69 Å². The fraction of sp³-hybridized carbons (Fsp3) is 0.167. The monoisotopic (exact) mass is 464 g/mol. The fourth-order valence-corrected chi connectivity index (χ4v) is 5.11. The molecule has 0 spiro atoms. The predicted octanol–water partition coefficient (Wildman–Crippen LogP) is 3.38. The Balaban J connectivity index is 1.64. The van der Waals surface area contributed by atoms with Crippen molar-refractivity contribution in [2.24, 2.45) is 0 Å². The predicted molar refractivity (Wildman–Crippen MR) is 126 cm³/mol. The van der Waals surface area contributed by atoms with Gasteiger partial charge < -0.3 is 5.11 Å². The minimum Gasteiger partial charge on any atom is -0.508 e. The van der Waals surface area contributed by atoms with Gasteiger partial charge in [0.15, 0.2) is 5.82 Å². The van der Waals surface area contributed by atoms with E-state index in [0.717, 1.165) is 5.56 Å². The molecule has 9 heteroatoms. The number of anilines is 1. The van der Waals surface area contributed by atoms with Crippen LogP contribution in [0.2, 0.25) is 0 Å². The van der Waals surface area contributed by atoms with E-state index >= 15 is 0 Å². The first kappa shape index (κ1) is 22.3. The smallest absolute Gasteiger partial charge is 0.276 e. The number of nitrogens with one attached hydrogen (secondary N) is 1. The zero-order valence-corrected chi connectivity index (χ0v) is 19.1. The molecule has 0 aliphatic rings. The summed E-state index contributed by atoms with van der Waals surface area (Å²) in [5, 5.41) is 12.7. The summed E-state index contributed by atoms with van der Waals surface area (Å²) < 4.78 is 28.9. The molecule has 2 aromatic heterocycles. The molecule has 33 heavy (non-hydrogen) atoms. The summed E-state index contributed by atoms with van der Waals surface area (Å²) in [6.45, 7) is 3.82. The molecule has 170 valence electrons. The van der Waals surface area contributed by atoms with Gasteiger partial charge in [-0.1, -0.05) is 30.3 Å². The number of phenols is 1. The average Bonchev–Trinajstić information content (AvgIpc) is 3.08. The van der Waals surface area contributed by atoms with E-state index in [0.29, 0.717) is 23.4 Å². The largest absolute Gasteiger partial charge is 0.508 e. The van der Waals surface area contributed by atoms with Gasteiger partial charge >= 0.3 is 0 Å². The molecule has 0 radical (unpaired) electrons. The first-order valence-electron chi connectivity index (χ1n) is 10.4. The van der Waals surface area contributed by atoms with Crippen LogP contribution in [0.15, 0.2) is 82.6 Å². The van der Waals surface area contributed by atoms with E-state index in [4.69, 9.17) is 0 Å². The van der Waals surface area contributed by atoms with E-state index in [1.54, 1.807) is 56.3 Å². The molecule has 0 saturated carbocycles. The van der Waals surface area contributed by atoms with Gasteiger partial charge in [-0.15, -0.1) is 0 Å². The molecule has 0 unspecified atom stereocenters. The lowest BCUT2D eigenvalue weighted by molar-refractivity contribution is 0.474. The zero-order chi connectivity index (χ0) is 23.6. The number of hydrogen-bond donors (Lipinski definition) is 2. The van der Waals surface area contributed by atoms with Crippen molar-refractivity contribution >= 4 is 15.7 Å². The zero-order valence-electron chi connectivity index (χ0n) is 18.3. The first-order valence-corrected chi connectivity index (χ1v) is 11.9. The maximum Gasteiger partial charge on any atom is 0.276 e. The van der Waals surface area contributed by atoms with Crippen LogP contribution < -0.4 is 9.86 Å². The van der Waals surface area contributed by atoms with E-state index < -0.39 is 10.0 Å². The number of sulfonamides is 1. The number of aromatic amines is 1. The van der Waals surface area contributed by atoms with Crippen molar-refractivity contribution < 1.29 is 13.5 Å². The van der Waals surface area contributed by atoms with Crippen LogP contribution in [0, 0.1) is 6.92 Å². The first-order chi connectivity index (χ1) is 15.8. The molecule has 0 aliphatic carbocycles. The van der Waals surface area contributed by atoms with Crippen LogP contribution >= 0.6 is 0 Å². The quantitative estimate of drug-likeness (QED) is 0.436. The Morgan fingerprint density at radius 1 is 1.06 bits per heavy atom. The number of phenolic OH excluding ortho intramolecular Hbond substituents is 1. The summed E-state index contributed by atoms with van der Waals surface area (Å²) in [6.07, 6.45) is 1.60. The number of nitrogens with zero attached hydrogens (tertiary/aromatic N) is 3. The Labute approximate surface area is 191 Å². The molecule has 4 aromatic rings. The summed E-state index contributed by atoms with van der Waals surface area (Å²) in [5.41, 5.74) is 2.30. The van der Waals surface area contributed by atoms with Gasteiger partial charge in [-0.3, -0.25) is 14.2 Å². The summed E-state index contributed by atoms with van der Waals surface area (Å²) in [4.78, 5) is 17.3. The lowest BCUT2D eigenvalue weighted by Gasteiger charge is -2.22. The van der Waals surface area contributed by atoms with Crippen LogP contribution in [0.25, 0.3) is 5.82 Å². The van der Waals surface area contributed by atoms with Crippen LogP contribution in [-0.4, -0.2) is 34.8 Å². The van der Waals surface area contributed by atoms with Crippen molar-refractivity contribution in [2.75, 3.05) is 10.8 Å². The third-order valence-electron chi connectivity index (χ3n) is 5.35. The van der Waals surface area contributed by atoms with Crippen molar-refractivity contribution in [3.05, 3.63) is 100 Å². The number of pyridine rings is 1. The molecule has 0 amide bonds. The van der Waals surface area contributed by atoms with Crippen LogP contribution in [0.3, 0.4) is 0 Å². The van der Waals surface area contributed by atoms with Crippen LogP contribution in [-0.2, 0) is 16.4 Å². The highest BCUT2D eigenvalue weighted by atomic mass is 32.2. The lowest BCUT2D eigenvalue weighted by atomic mass is 10.1. The third kappa shape index (κ3) is 4.40. The molecule has 2 N–H and O–H groups in total. The number of aromatic nitrogens is 3. The number of H-pyrrole nitrogens is 1.